The average Bonchev–Trinajstić information content (AvgIpc) is 3.44. The second kappa shape index (κ2) is 8.88. The number of rotatable bonds is 4. The van der Waals surface area contributed by atoms with Crippen molar-refractivity contribution >= 4 is 51.6 Å². The number of benzene rings is 1. The lowest BCUT2D eigenvalue weighted by Gasteiger charge is -2.32. The quantitative estimate of drug-likeness (QED) is 0.430. The van der Waals surface area contributed by atoms with Gasteiger partial charge in [0.1, 0.15) is 4.83 Å². The fourth-order valence-corrected chi connectivity index (χ4v) is 6.32. The van der Waals surface area contributed by atoms with Crippen LogP contribution in [0.1, 0.15) is 47.2 Å². The Morgan fingerprint density at radius 3 is 2.94 bits per heavy atom. The van der Waals surface area contributed by atoms with Crippen LogP contribution in [0.4, 0.5) is 0 Å². The lowest BCUT2D eigenvalue weighted by molar-refractivity contribution is -0.137. The summed E-state index contributed by atoms with van der Waals surface area (Å²) in [4.78, 5) is 38.8. The molecule has 3 aliphatic rings. The van der Waals surface area contributed by atoms with Crippen LogP contribution in [0, 0.1) is 0 Å². The van der Waals surface area contributed by atoms with Crippen molar-refractivity contribution in [3.05, 3.63) is 64.4 Å². The van der Waals surface area contributed by atoms with E-state index in [9.17, 15) is 9.59 Å². The molecule has 0 radical (unpaired) electrons. The third-order valence-electron chi connectivity index (χ3n) is 6.96. The minimum atomic E-state index is -0.308. The Bertz CT molecular complexity index is 1320. The van der Waals surface area contributed by atoms with Gasteiger partial charge in [0.15, 0.2) is 5.82 Å². The van der Waals surface area contributed by atoms with Crippen molar-refractivity contribution in [2.75, 3.05) is 13.1 Å². The molecule has 0 saturated carbocycles. The monoisotopic (exact) mass is 491 g/mol. The maximum absolute atomic E-state index is 12.4. The largest absolute Gasteiger partial charge is 0.295 e. The van der Waals surface area contributed by atoms with Crippen LogP contribution in [-0.2, 0) is 22.7 Å². The number of thiophene rings is 1. The Hall–Kier alpha value is -2.59. The predicted molar refractivity (Wildman–Crippen MR) is 135 cm³/mol. The van der Waals surface area contributed by atoms with Gasteiger partial charge in [-0.3, -0.25) is 24.7 Å². The summed E-state index contributed by atoms with van der Waals surface area (Å²) in [5, 5.41) is 5.48. The number of hydrogen-bond acceptors (Lipinski definition) is 8. The molecule has 1 saturated heterocycles. The number of fused-ring (bicyclic) bond motifs is 2. The first-order chi connectivity index (χ1) is 16.5. The van der Waals surface area contributed by atoms with Crippen LogP contribution in [0.15, 0.2) is 41.9 Å². The molecular formula is C25H25N5O2S2. The first kappa shape index (κ1) is 21.9. The molecule has 3 aromatic rings. The van der Waals surface area contributed by atoms with Gasteiger partial charge in [-0.2, -0.15) is 12.6 Å². The molecule has 1 N–H and O–H groups in total. The Kier molecular flexibility index (Phi) is 5.73. The van der Waals surface area contributed by atoms with Gasteiger partial charge >= 0.3 is 0 Å². The van der Waals surface area contributed by atoms with E-state index in [1.54, 1.807) is 11.3 Å². The molecule has 174 valence electrons. The van der Waals surface area contributed by atoms with Crippen molar-refractivity contribution in [2.24, 2.45) is 0 Å². The van der Waals surface area contributed by atoms with Crippen LogP contribution in [0.2, 0.25) is 0 Å². The number of hydrogen-bond donors (Lipinski definition) is 2. The molecule has 34 heavy (non-hydrogen) atoms. The van der Waals surface area contributed by atoms with E-state index in [1.807, 2.05) is 6.20 Å². The van der Waals surface area contributed by atoms with Gasteiger partial charge < -0.3 is 0 Å². The van der Waals surface area contributed by atoms with Crippen molar-refractivity contribution in [1.82, 2.24) is 25.1 Å². The van der Waals surface area contributed by atoms with Crippen LogP contribution < -0.4 is 5.32 Å². The van der Waals surface area contributed by atoms with Crippen molar-refractivity contribution < 1.29 is 9.59 Å². The highest BCUT2D eigenvalue weighted by molar-refractivity contribution is 7.80. The summed E-state index contributed by atoms with van der Waals surface area (Å²) in [6.45, 7) is 3.37. The highest BCUT2D eigenvalue weighted by Crippen LogP contribution is 2.39. The summed E-state index contributed by atoms with van der Waals surface area (Å²) in [6.07, 6.45) is 6.02. The highest BCUT2D eigenvalue weighted by Gasteiger charge is 2.39. The zero-order valence-corrected chi connectivity index (χ0v) is 20.3. The van der Waals surface area contributed by atoms with Crippen LogP contribution in [0.5, 0.6) is 0 Å². The maximum Gasteiger partial charge on any atom is 0.243 e. The van der Waals surface area contributed by atoms with Gasteiger partial charge in [0.25, 0.3) is 0 Å². The molecule has 3 aliphatic heterocycles. The zero-order valence-electron chi connectivity index (χ0n) is 18.6. The number of carbonyl (C=O) groups excluding carboxylic acids is 2. The third-order valence-corrected chi connectivity index (χ3v) is 8.36. The molecule has 2 aromatic heterocycles. The molecule has 2 amide bonds. The van der Waals surface area contributed by atoms with E-state index in [2.05, 4.69) is 55.8 Å². The summed E-state index contributed by atoms with van der Waals surface area (Å²) in [5.41, 5.74) is 4.83. The van der Waals surface area contributed by atoms with Crippen molar-refractivity contribution in [2.45, 2.75) is 43.8 Å². The average molecular weight is 492 g/mol. The van der Waals surface area contributed by atoms with Crippen molar-refractivity contribution in [1.29, 1.82) is 0 Å². The Labute approximate surface area is 207 Å². The highest BCUT2D eigenvalue weighted by atomic mass is 32.1. The Balaban J connectivity index is 1.12. The van der Waals surface area contributed by atoms with E-state index < -0.39 is 0 Å². The lowest BCUT2D eigenvalue weighted by atomic mass is 10.0. The van der Waals surface area contributed by atoms with Gasteiger partial charge in [0.2, 0.25) is 11.8 Å². The smallest absolute Gasteiger partial charge is 0.243 e. The van der Waals surface area contributed by atoms with Gasteiger partial charge in [-0.1, -0.05) is 24.3 Å². The van der Waals surface area contributed by atoms with E-state index in [1.165, 1.54) is 16.7 Å². The molecule has 0 bridgehead atoms. The maximum atomic E-state index is 12.4. The SMILES string of the molecule is O=C1CCC(N2Cc3ccc(CN4CC=C(c5ncc6ccsc6n5)CC4)cc3C2S)C(=O)N1. The molecule has 1 fully saturated rings. The van der Waals surface area contributed by atoms with Crippen molar-refractivity contribution in [3.8, 4) is 0 Å². The molecule has 7 nitrogen and oxygen atoms in total. The van der Waals surface area contributed by atoms with Gasteiger partial charge in [-0.15, -0.1) is 11.3 Å². The summed E-state index contributed by atoms with van der Waals surface area (Å²) in [7, 11) is 0. The Morgan fingerprint density at radius 2 is 2.12 bits per heavy atom. The number of nitrogens with one attached hydrogen (secondary N) is 1. The van der Waals surface area contributed by atoms with Crippen molar-refractivity contribution in [3.63, 3.8) is 0 Å². The van der Waals surface area contributed by atoms with Crippen LogP contribution in [0.3, 0.4) is 0 Å². The Morgan fingerprint density at radius 1 is 1.21 bits per heavy atom. The summed E-state index contributed by atoms with van der Waals surface area (Å²) < 4.78 is 0. The van der Waals surface area contributed by atoms with E-state index in [0.29, 0.717) is 19.4 Å². The minimum absolute atomic E-state index is 0.143. The number of imide groups is 1. The third kappa shape index (κ3) is 4.07. The van der Waals surface area contributed by atoms with E-state index in [0.717, 1.165) is 47.7 Å². The molecule has 0 aliphatic carbocycles. The molecular weight excluding hydrogens is 466 g/mol. The normalized spacial score (nSPS) is 23.7. The first-order valence-corrected chi connectivity index (χ1v) is 13.0. The minimum Gasteiger partial charge on any atom is -0.295 e. The van der Waals surface area contributed by atoms with Gasteiger partial charge in [0, 0.05) is 44.2 Å². The fourth-order valence-electron chi connectivity index (χ4n) is 5.09. The van der Waals surface area contributed by atoms with E-state index in [4.69, 9.17) is 17.6 Å². The fraction of sp³-hybridized carbons (Fsp3) is 0.360. The number of amides is 2. The van der Waals surface area contributed by atoms with Gasteiger partial charge in [0.05, 0.1) is 11.4 Å². The molecule has 6 rings (SSSR count). The second-order valence-corrected chi connectivity index (χ2v) is 10.5. The topological polar surface area (TPSA) is 78.4 Å². The van der Waals surface area contributed by atoms with Crippen LogP contribution in [0.25, 0.3) is 15.8 Å². The summed E-state index contributed by atoms with van der Waals surface area (Å²) in [6, 6.07) is 8.32. The summed E-state index contributed by atoms with van der Waals surface area (Å²) in [5.74, 6) is 0.452. The molecule has 0 spiro atoms. The molecule has 5 heterocycles. The molecule has 1 aromatic carbocycles. The number of piperidine rings is 1. The molecule has 9 heteroatoms. The van der Waals surface area contributed by atoms with Crippen LogP contribution in [-0.4, -0.2) is 50.7 Å². The second-order valence-electron chi connectivity index (χ2n) is 9.14. The van der Waals surface area contributed by atoms with E-state index >= 15 is 0 Å². The molecule has 2 atom stereocenters. The number of aromatic nitrogens is 2. The number of nitrogens with zero attached hydrogens (tertiary/aromatic N) is 4. The predicted octanol–water partition coefficient (Wildman–Crippen LogP) is 3.53. The number of thiol groups is 1. The summed E-state index contributed by atoms with van der Waals surface area (Å²) >= 11 is 6.50. The molecule has 2 unspecified atom stereocenters. The van der Waals surface area contributed by atoms with Gasteiger partial charge in [-0.25, -0.2) is 9.97 Å². The zero-order chi connectivity index (χ0) is 23.2. The lowest BCUT2D eigenvalue weighted by Crippen LogP contribution is -2.51. The number of carbonyl (C=O) groups is 2. The van der Waals surface area contributed by atoms with Crippen LogP contribution >= 0.6 is 24.0 Å². The first-order valence-electron chi connectivity index (χ1n) is 11.6. The van der Waals surface area contributed by atoms with E-state index in [-0.39, 0.29) is 23.2 Å². The standard InChI is InChI=1S/C25H25N5O2S2/c31-21-4-3-20(23(32)27-21)30-14-18-2-1-15(11-19(18)25(30)33)13-29-8-5-16(6-9-29)22-26-12-17-7-10-34-24(17)28-22/h1-2,5,7,10-12,20,25,33H,3-4,6,8-9,13-14H2,(H,27,31,32). The van der Waals surface area contributed by atoms with Gasteiger partial charge in [-0.05, 0) is 46.6 Å².